The van der Waals surface area contributed by atoms with E-state index in [0.29, 0.717) is 28.0 Å². The molecule has 20 heavy (non-hydrogen) atoms. The molecule has 0 aliphatic heterocycles. The van der Waals surface area contributed by atoms with Crippen molar-refractivity contribution in [1.29, 1.82) is 0 Å². The average molecular weight is 270 g/mol. The average Bonchev–Trinajstić information content (AvgIpc) is 2.92. The van der Waals surface area contributed by atoms with Crippen molar-refractivity contribution in [3.63, 3.8) is 0 Å². The molecule has 1 heterocycles. The van der Waals surface area contributed by atoms with Crippen LogP contribution in [0.2, 0.25) is 0 Å². The lowest BCUT2D eigenvalue weighted by Crippen LogP contribution is -1.86. The summed E-state index contributed by atoms with van der Waals surface area (Å²) in [6.45, 7) is 0. The standard InChI is InChI=1S/C16H11FO3/c1-19-14-7-4-11(9-18)13-8-15(20-16(13)14)10-2-5-12(17)6-3-10/h2-9H,1H3. The van der Waals surface area contributed by atoms with E-state index in [4.69, 9.17) is 9.15 Å². The molecule has 3 rings (SSSR count). The number of hydrogen-bond donors (Lipinski definition) is 0. The van der Waals surface area contributed by atoms with Crippen LogP contribution in [-0.2, 0) is 0 Å². The molecule has 0 saturated carbocycles. The molecular weight excluding hydrogens is 259 g/mol. The highest BCUT2D eigenvalue weighted by Gasteiger charge is 2.13. The van der Waals surface area contributed by atoms with E-state index < -0.39 is 0 Å². The summed E-state index contributed by atoms with van der Waals surface area (Å²) in [5, 5.41) is 0.679. The van der Waals surface area contributed by atoms with Gasteiger partial charge in [-0.3, -0.25) is 4.79 Å². The van der Waals surface area contributed by atoms with E-state index >= 15 is 0 Å². The molecule has 100 valence electrons. The van der Waals surface area contributed by atoms with Crippen LogP contribution in [0.25, 0.3) is 22.3 Å². The highest BCUT2D eigenvalue weighted by molar-refractivity contribution is 6.00. The normalized spacial score (nSPS) is 10.7. The van der Waals surface area contributed by atoms with Crippen LogP contribution in [0.4, 0.5) is 4.39 Å². The van der Waals surface area contributed by atoms with Gasteiger partial charge in [0.25, 0.3) is 0 Å². The molecule has 3 aromatic rings. The van der Waals surface area contributed by atoms with E-state index in [-0.39, 0.29) is 5.82 Å². The molecule has 0 unspecified atom stereocenters. The molecule has 0 fully saturated rings. The minimum Gasteiger partial charge on any atom is -0.493 e. The highest BCUT2D eigenvalue weighted by atomic mass is 19.1. The van der Waals surface area contributed by atoms with Gasteiger partial charge in [-0.2, -0.15) is 0 Å². The number of methoxy groups -OCH3 is 1. The zero-order chi connectivity index (χ0) is 14.1. The van der Waals surface area contributed by atoms with Crippen molar-refractivity contribution in [3.05, 3.63) is 53.8 Å². The lowest BCUT2D eigenvalue weighted by molar-refractivity contribution is 0.112. The van der Waals surface area contributed by atoms with Gasteiger partial charge in [0, 0.05) is 16.5 Å². The smallest absolute Gasteiger partial charge is 0.177 e. The SMILES string of the molecule is COc1ccc(C=O)c2cc(-c3ccc(F)cc3)oc12. The number of aldehydes is 1. The molecule has 0 spiro atoms. The molecule has 0 N–H and O–H groups in total. The van der Waals surface area contributed by atoms with Crippen LogP contribution in [0.15, 0.2) is 46.9 Å². The van der Waals surface area contributed by atoms with Gasteiger partial charge in [-0.1, -0.05) is 0 Å². The number of hydrogen-bond acceptors (Lipinski definition) is 3. The number of fused-ring (bicyclic) bond motifs is 1. The van der Waals surface area contributed by atoms with Gasteiger partial charge in [0.15, 0.2) is 17.6 Å². The monoisotopic (exact) mass is 270 g/mol. The number of furan rings is 1. The molecule has 2 aromatic carbocycles. The maximum atomic E-state index is 12.9. The Kier molecular flexibility index (Phi) is 2.99. The molecule has 0 atom stereocenters. The second-order valence-electron chi connectivity index (χ2n) is 4.34. The Bertz CT molecular complexity index is 772. The van der Waals surface area contributed by atoms with E-state index in [1.54, 1.807) is 30.3 Å². The number of carbonyl (C=O) groups is 1. The van der Waals surface area contributed by atoms with Crippen LogP contribution < -0.4 is 4.74 Å². The first-order chi connectivity index (χ1) is 9.72. The van der Waals surface area contributed by atoms with E-state index in [9.17, 15) is 9.18 Å². The van der Waals surface area contributed by atoms with Gasteiger partial charge in [0.05, 0.1) is 7.11 Å². The van der Waals surface area contributed by atoms with Gasteiger partial charge in [0.2, 0.25) is 0 Å². The van der Waals surface area contributed by atoms with E-state index in [1.807, 2.05) is 0 Å². The number of benzene rings is 2. The molecule has 1 aromatic heterocycles. The van der Waals surface area contributed by atoms with Crippen LogP contribution in [0.5, 0.6) is 5.75 Å². The van der Waals surface area contributed by atoms with Gasteiger partial charge in [-0.25, -0.2) is 4.39 Å². The lowest BCUT2D eigenvalue weighted by atomic mass is 10.1. The Morgan fingerprint density at radius 1 is 1.15 bits per heavy atom. The second-order valence-corrected chi connectivity index (χ2v) is 4.34. The fourth-order valence-electron chi connectivity index (χ4n) is 2.14. The quantitative estimate of drug-likeness (QED) is 0.674. The van der Waals surface area contributed by atoms with Crippen LogP contribution in [0, 0.1) is 5.82 Å². The number of ether oxygens (including phenoxy) is 1. The van der Waals surface area contributed by atoms with Crippen molar-refractivity contribution >= 4 is 17.3 Å². The predicted octanol–water partition coefficient (Wildman–Crippen LogP) is 4.06. The first-order valence-corrected chi connectivity index (χ1v) is 6.04. The van der Waals surface area contributed by atoms with E-state index in [0.717, 1.165) is 11.8 Å². The predicted molar refractivity (Wildman–Crippen MR) is 73.5 cm³/mol. The van der Waals surface area contributed by atoms with Crippen LogP contribution in [0.1, 0.15) is 10.4 Å². The second kappa shape index (κ2) is 4.81. The third kappa shape index (κ3) is 1.95. The molecule has 3 nitrogen and oxygen atoms in total. The van der Waals surface area contributed by atoms with Crippen molar-refractivity contribution in [1.82, 2.24) is 0 Å². The molecular formula is C16H11FO3. The lowest BCUT2D eigenvalue weighted by Gasteiger charge is -2.01. The molecule has 0 radical (unpaired) electrons. The minimum absolute atomic E-state index is 0.309. The summed E-state index contributed by atoms with van der Waals surface area (Å²) in [5.74, 6) is 0.808. The zero-order valence-corrected chi connectivity index (χ0v) is 10.7. The molecule has 0 bridgehead atoms. The zero-order valence-electron chi connectivity index (χ0n) is 10.7. The fraction of sp³-hybridized carbons (Fsp3) is 0.0625. The summed E-state index contributed by atoms with van der Waals surface area (Å²) >= 11 is 0. The largest absolute Gasteiger partial charge is 0.493 e. The summed E-state index contributed by atoms with van der Waals surface area (Å²) in [6.07, 6.45) is 0.770. The summed E-state index contributed by atoms with van der Waals surface area (Å²) < 4.78 is 23.9. The summed E-state index contributed by atoms with van der Waals surface area (Å²) in [4.78, 5) is 11.1. The van der Waals surface area contributed by atoms with Gasteiger partial charge < -0.3 is 9.15 Å². The molecule has 0 saturated heterocycles. The highest BCUT2D eigenvalue weighted by Crippen LogP contribution is 2.35. The Morgan fingerprint density at radius 3 is 2.55 bits per heavy atom. The van der Waals surface area contributed by atoms with Crippen LogP contribution >= 0.6 is 0 Å². The Labute approximate surface area is 114 Å². The van der Waals surface area contributed by atoms with Gasteiger partial charge in [0.1, 0.15) is 11.6 Å². The first kappa shape index (κ1) is 12.4. The maximum Gasteiger partial charge on any atom is 0.177 e. The molecule has 0 amide bonds. The fourth-order valence-corrected chi connectivity index (χ4v) is 2.14. The van der Waals surface area contributed by atoms with Gasteiger partial charge in [-0.05, 0) is 42.5 Å². The summed E-state index contributed by atoms with van der Waals surface area (Å²) in [6, 6.07) is 11.1. The Hall–Kier alpha value is -2.62. The molecule has 0 aliphatic carbocycles. The van der Waals surface area contributed by atoms with Crippen molar-refractivity contribution in [3.8, 4) is 17.1 Å². The number of rotatable bonds is 3. The minimum atomic E-state index is -0.309. The molecule has 0 aliphatic rings. The van der Waals surface area contributed by atoms with Gasteiger partial charge >= 0.3 is 0 Å². The van der Waals surface area contributed by atoms with Crippen molar-refractivity contribution in [2.45, 2.75) is 0 Å². The maximum absolute atomic E-state index is 12.9. The topological polar surface area (TPSA) is 39.4 Å². The first-order valence-electron chi connectivity index (χ1n) is 6.04. The summed E-state index contributed by atoms with van der Waals surface area (Å²) in [5.41, 5.74) is 1.77. The van der Waals surface area contributed by atoms with Crippen LogP contribution in [-0.4, -0.2) is 13.4 Å². The summed E-state index contributed by atoms with van der Waals surface area (Å²) in [7, 11) is 1.54. The van der Waals surface area contributed by atoms with Crippen molar-refractivity contribution in [2.24, 2.45) is 0 Å². The van der Waals surface area contributed by atoms with E-state index in [1.165, 1.54) is 19.2 Å². The third-order valence-corrected chi connectivity index (χ3v) is 3.16. The third-order valence-electron chi connectivity index (χ3n) is 3.16. The Balaban J connectivity index is 2.23. The Morgan fingerprint density at radius 2 is 1.90 bits per heavy atom. The van der Waals surface area contributed by atoms with Crippen molar-refractivity contribution in [2.75, 3.05) is 7.11 Å². The number of carbonyl (C=O) groups excluding carboxylic acids is 1. The van der Waals surface area contributed by atoms with Gasteiger partial charge in [-0.15, -0.1) is 0 Å². The molecule has 4 heteroatoms. The van der Waals surface area contributed by atoms with Crippen molar-refractivity contribution < 1.29 is 18.3 Å². The number of halogens is 1. The van der Waals surface area contributed by atoms with Crippen LogP contribution in [0.3, 0.4) is 0 Å². The van der Waals surface area contributed by atoms with E-state index in [2.05, 4.69) is 0 Å².